The van der Waals surface area contributed by atoms with E-state index in [1.54, 1.807) is 0 Å². The van der Waals surface area contributed by atoms with Gasteiger partial charge in [0.1, 0.15) is 6.04 Å². The minimum atomic E-state index is -3.40. The molecule has 0 saturated heterocycles. The monoisotopic (exact) mass is 209 g/mol. The summed E-state index contributed by atoms with van der Waals surface area (Å²) in [6, 6.07) is -0.836. The van der Waals surface area contributed by atoms with E-state index in [0.29, 0.717) is 0 Å². The van der Waals surface area contributed by atoms with Crippen molar-refractivity contribution in [3.05, 3.63) is 0 Å². The van der Waals surface area contributed by atoms with Crippen molar-refractivity contribution in [2.45, 2.75) is 32.1 Å². The van der Waals surface area contributed by atoms with Crippen molar-refractivity contribution >= 4 is 16.0 Å². The van der Waals surface area contributed by atoms with Crippen LogP contribution in [0.1, 0.15) is 20.8 Å². The summed E-state index contributed by atoms with van der Waals surface area (Å²) >= 11 is 0. The Bertz CT molecular complexity index is 270. The van der Waals surface area contributed by atoms with Crippen LogP contribution in [0.25, 0.3) is 0 Å². The average molecular weight is 209 g/mol. The number of methoxy groups -OCH3 is 1. The van der Waals surface area contributed by atoms with Crippen molar-refractivity contribution in [3.8, 4) is 0 Å². The van der Waals surface area contributed by atoms with E-state index in [9.17, 15) is 13.2 Å². The molecule has 78 valence electrons. The maximum Gasteiger partial charge on any atom is 0.323 e. The molecule has 0 unspecified atom stereocenters. The molecule has 0 amide bonds. The molecular formula is C7H15NO4S. The molecule has 0 bridgehead atoms. The fraction of sp³-hybridized carbons (Fsp3) is 0.857. The Morgan fingerprint density at radius 1 is 1.31 bits per heavy atom. The van der Waals surface area contributed by atoms with Crippen LogP contribution in [0.2, 0.25) is 0 Å². The number of ether oxygens (including phenoxy) is 1. The topological polar surface area (TPSA) is 72.5 Å². The molecule has 0 aromatic carbocycles. The zero-order chi connectivity index (χ0) is 10.6. The van der Waals surface area contributed by atoms with E-state index in [1.807, 2.05) is 0 Å². The van der Waals surface area contributed by atoms with E-state index in [1.165, 1.54) is 27.9 Å². The summed E-state index contributed by atoms with van der Waals surface area (Å²) in [7, 11) is -2.19. The lowest BCUT2D eigenvalue weighted by Gasteiger charge is -2.13. The predicted octanol–water partition coefficient (Wildman–Crippen LogP) is -0.124. The van der Waals surface area contributed by atoms with Gasteiger partial charge in [0.2, 0.25) is 10.0 Å². The highest BCUT2D eigenvalue weighted by Gasteiger charge is 2.22. The lowest BCUT2D eigenvalue weighted by Crippen LogP contribution is -2.42. The zero-order valence-electron chi connectivity index (χ0n) is 8.20. The van der Waals surface area contributed by atoms with Crippen molar-refractivity contribution in [2.24, 2.45) is 0 Å². The number of hydrogen-bond donors (Lipinski definition) is 1. The third-order valence-corrected chi connectivity index (χ3v) is 3.44. The molecule has 0 aromatic rings. The first-order chi connectivity index (χ1) is 5.81. The highest BCUT2D eigenvalue weighted by Crippen LogP contribution is 1.98. The van der Waals surface area contributed by atoms with Gasteiger partial charge in [0.15, 0.2) is 0 Å². The van der Waals surface area contributed by atoms with Crippen molar-refractivity contribution in [2.75, 3.05) is 7.11 Å². The fourth-order valence-electron chi connectivity index (χ4n) is 0.607. The molecule has 1 N–H and O–H groups in total. The van der Waals surface area contributed by atoms with Gasteiger partial charge in [0, 0.05) is 0 Å². The quantitative estimate of drug-likeness (QED) is 0.655. The molecule has 0 aliphatic rings. The number of esters is 1. The number of carbonyl (C=O) groups excluding carboxylic acids is 1. The smallest absolute Gasteiger partial charge is 0.323 e. The van der Waals surface area contributed by atoms with Crippen LogP contribution < -0.4 is 4.72 Å². The van der Waals surface area contributed by atoms with Crippen LogP contribution in [0.15, 0.2) is 0 Å². The minimum absolute atomic E-state index is 0.556. The maximum absolute atomic E-state index is 11.2. The minimum Gasteiger partial charge on any atom is -0.468 e. The molecule has 1 atom stereocenters. The van der Waals surface area contributed by atoms with E-state index in [2.05, 4.69) is 9.46 Å². The van der Waals surface area contributed by atoms with Crippen molar-refractivity contribution in [3.63, 3.8) is 0 Å². The number of rotatable bonds is 4. The largest absolute Gasteiger partial charge is 0.468 e. The molecule has 0 fully saturated rings. The third-order valence-electron chi connectivity index (χ3n) is 1.52. The first-order valence-corrected chi connectivity index (χ1v) is 5.45. The Kier molecular flexibility index (Phi) is 4.35. The maximum atomic E-state index is 11.2. The Labute approximate surface area is 78.5 Å². The summed E-state index contributed by atoms with van der Waals surface area (Å²) in [5.41, 5.74) is 0. The molecule has 0 radical (unpaired) electrons. The lowest BCUT2D eigenvalue weighted by molar-refractivity contribution is -0.142. The Hall–Kier alpha value is -0.620. The molecular weight excluding hydrogens is 194 g/mol. The van der Waals surface area contributed by atoms with Gasteiger partial charge < -0.3 is 4.74 Å². The summed E-state index contributed by atoms with van der Waals surface area (Å²) in [5.74, 6) is -0.593. The van der Waals surface area contributed by atoms with E-state index in [0.717, 1.165) is 0 Å². The first kappa shape index (κ1) is 12.4. The molecule has 13 heavy (non-hydrogen) atoms. The van der Waals surface area contributed by atoms with Crippen LogP contribution in [0.4, 0.5) is 0 Å². The average Bonchev–Trinajstić information content (AvgIpc) is 2.01. The third kappa shape index (κ3) is 3.73. The van der Waals surface area contributed by atoms with Gasteiger partial charge in [-0.05, 0) is 20.8 Å². The first-order valence-electron chi connectivity index (χ1n) is 3.90. The Morgan fingerprint density at radius 2 is 1.77 bits per heavy atom. The zero-order valence-corrected chi connectivity index (χ0v) is 9.01. The van der Waals surface area contributed by atoms with Crippen molar-refractivity contribution in [1.82, 2.24) is 4.72 Å². The Balaban J connectivity index is 4.38. The van der Waals surface area contributed by atoms with Crippen LogP contribution >= 0.6 is 0 Å². The van der Waals surface area contributed by atoms with E-state index >= 15 is 0 Å². The summed E-state index contributed by atoms with van der Waals surface area (Å²) in [5, 5.41) is -0.556. The fourth-order valence-corrected chi connectivity index (χ4v) is 1.47. The van der Waals surface area contributed by atoms with Gasteiger partial charge in [-0.3, -0.25) is 4.79 Å². The van der Waals surface area contributed by atoms with Crippen LogP contribution in [0.5, 0.6) is 0 Å². The summed E-state index contributed by atoms with van der Waals surface area (Å²) < 4.78 is 29.1. The van der Waals surface area contributed by atoms with Gasteiger partial charge in [-0.25, -0.2) is 13.1 Å². The van der Waals surface area contributed by atoms with Gasteiger partial charge in [0.05, 0.1) is 12.4 Å². The lowest BCUT2D eigenvalue weighted by atomic mass is 10.4. The molecule has 0 aliphatic heterocycles. The molecule has 0 spiro atoms. The van der Waals surface area contributed by atoms with Crippen LogP contribution in [0.3, 0.4) is 0 Å². The second-order valence-corrected chi connectivity index (χ2v) is 5.22. The molecule has 0 aliphatic carbocycles. The van der Waals surface area contributed by atoms with Crippen LogP contribution in [-0.4, -0.2) is 32.8 Å². The van der Waals surface area contributed by atoms with E-state index < -0.39 is 27.3 Å². The van der Waals surface area contributed by atoms with Gasteiger partial charge >= 0.3 is 5.97 Å². The number of sulfonamides is 1. The number of carbonyl (C=O) groups is 1. The van der Waals surface area contributed by atoms with E-state index in [-0.39, 0.29) is 0 Å². The summed E-state index contributed by atoms with van der Waals surface area (Å²) in [6.45, 7) is 4.50. The SMILES string of the molecule is COC(=O)[C@H](C)NS(=O)(=O)C(C)C. The summed E-state index contributed by atoms with van der Waals surface area (Å²) in [4.78, 5) is 10.9. The van der Waals surface area contributed by atoms with Gasteiger partial charge in [-0.2, -0.15) is 0 Å². The second-order valence-electron chi connectivity index (χ2n) is 2.96. The highest BCUT2D eigenvalue weighted by molar-refractivity contribution is 7.90. The van der Waals surface area contributed by atoms with Crippen molar-refractivity contribution < 1.29 is 17.9 Å². The molecule has 0 saturated carbocycles. The molecule has 6 heteroatoms. The predicted molar refractivity (Wildman–Crippen MR) is 48.7 cm³/mol. The highest BCUT2D eigenvalue weighted by atomic mass is 32.2. The molecule has 5 nitrogen and oxygen atoms in total. The summed E-state index contributed by atoms with van der Waals surface area (Å²) in [6.07, 6.45) is 0. The van der Waals surface area contributed by atoms with E-state index in [4.69, 9.17) is 0 Å². The van der Waals surface area contributed by atoms with Crippen LogP contribution in [-0.2, 0) is 19.6 Å². The van der Waals surface area contributed by atoms with Crippen LogP contribution in [0, 0.1) is 0 Å². The van der Waals surface area contributed by atoms with Gasteiger partial charge in [0.25, 0.3) is 0 Å². The molecule has 0 rings (SSSR count). The number of nitrogens with one attached hydrogen (secondary N) is 1. The standard InChI is InChI=1S/C7H15NO4S/c1-5(2)13(10,11)8-6(3)7(9)12-4/h5-6,8H,1-4H3/t6-/m0/s1. The number of hydrogen-bond acceptors (Lipinski definition) is 4. The second kappa shape index (κ2) is 4.57. The van der Waals surface area contributed by atoms with Crippen molar-refractivity contribution in [1.29, 1.82) is 0 Å². The Morgan fingerprint density at radius 3 is 2.08 bits per heavy atom. The van der Waals surface area contributed by atoms with Gasteiger partial charge in [-0.1, -0.05) is 0 Å². The molecule has 0 aromatic heterocycles. The van der Waals surface area contributed by atoms with Gasteiger partial charge in [-0.15, -0.1) is 0 Å². The normalized spacial score (nSPS) is 14.2. The molecule has 0 heterocycles.